The summed E-state index contributed by atoms with van der Waals surface area (Å²) in [7, 11) is 0. The van der Waals surface area contributed by atoms with Gasteiger partial charge in [-0.25, -0.2) is 4.98 Å². The Labute approximate surface area is 112 Å². The highest BCUT2D eigenvalue weighted by Gasteiger charge is 2.31. The van der Waals surface area contributed by atoms with Crippen molar-refractivity contribution >= 4 is 17.2 Å². The number of thiazole rings is 1. The maximum Gasteiger partial charge on any atom is 0.265 e. The zero-order valence-electron chi connectivity index (χ0n) is 11.1. The van der Waals surface area contributed by atoms with E-state index in [0.29, 0.717) is 6.54 Å². The summed E-state index contributed by atoms with van der Waals surface area (Å²) < 4.78 is 0. The van der Waals surface area contributed by atoms with E-state index in [1.807, 2.05) is 4.90 Å². The Morgan fingerprint density at radius 2 is 2.33 bits per heavy atom. The van der Waals surface area contributed by atoms with Crippen molar-refractivity contribution in [2.45, 2.75) is 32.6 Å². The fraction of sp³-hybridized carbons (Fsp3) is 0.692. The fourth-order valence-corrected chi connectivity index (χ4v) is 3.21. The lowest BCUT2D eigenvalue weighted by Crippen LogP contribution is -2.30. The van der Waals surface area contributed by atoms with E-state index >= 15 is 0 Å². The van der Waals surface area contributed by atoms with Crippen molar-refractivity contribution in [1.29, 1.82) is 0 Å². The summed E-state index contributed by atoms with van der Waals surface area (Å²) in [6.07, 6.45) is 0.895. The highest BCUT2D eigenvalue weighted by molar-refractivity contribution is 7.11. The van der Waals surface area contributed by atoms with Crippen LogP contribution in [0.1, 0.15) is 42.6 Å². The fourth-order valence-electron chi connectivity index (χ4n) is 2.24. The molecule has 1 aromatic rings. The van der Waals surface area contributed by atoms with Crippen molar-refractivity contribution in [3.63, 3.8) is 0 Å². The number of nitrogens with zero attached hydrogens (tertiary/aromatic N) is 2. The van der Waals surface area contributed by atoms with E-state index < -0.39 is 0 Å². The molecule has 1 aromatic heterocycles. The van der Waals surface area contributed by atoms with Crippen LogP contribution < -0.4 is 0 Å². The maximum atomic E-state index is 12.5. The number of aliphatic hydroxyl groups excluding tert-OH is 1. The van der Waals surface area contributed by atoms with Crippen LogP contribution in [0.3, 0.4) is 0 Å². The van der Waals surface area contributed by atoms with Crippen LogP contribution in [0.25, 0.3) is 0 Å². The molecule has 18 heavy (non-hydrogen) atoms. The number of hydrogen-bond donors (Lipinski definition) is 1. The smallest absolute Gasteiger partial charge is 0.265 e. The molecule has 0 aromatic carbocycles. The Morgan fingerprint density at radius 1 is 1.61 bits per heavy atom. The van der Waals surface area contributed by atoms with E-state index in [0.717, 1.165) is 23.5 Å². The molecule has 4 nitrogen and oxygen atoms in total. The van der Waals surface area contributed by atoms with E-state index in [4.69, 9.17) is 5.11 Å². The van der Waals surface area contributed by atoms with E-state index in [9.17, 15) is 4.79 Å². The minimum Gasteiger partial charge on any atom is -0.396 e. The van der Waals surface area contributed by atoms with Crippen molar-refractivity contribution in [2.24, 2.45) is 5.92 Å². The van der Waals surface area contributed by atoms with Crippen LogP contribution in [-0.2, 0) is 5.41 Å². The maximum absolute atomic E-state index is 12.5. The summed E-state index contributed by atoms with van der Waals surface area (Å²) >= 11 is 1.42. The first-order valence-corrected chi connectivity index (χ1v) is 7.15. The van der Waals surface area contributed by atoms with Crippen molar-refractivity contribution in [2.75, 3.05) is 19.7 Å². The average molecular weight is 268 g/mol. The van der Waals surface area contributed by atoms with Gasteiger partial charge in [0.05, 0.1) is 11.2 Å². The zero-order valence-corrected chi connectivity index (χ0v) is 12.0. The second-order valence-corrected chi connectivity index (χ2v) is 6.72. The predicted octanol–water partition coefficient (Wildman–Crippen LogP) is 1.90. The van der Waals surface area contributed by atoms with Gasteiger partial charge in [0.1, 0.15) is 4.88 Å². The third-order valence-corrected chi connectivity index (χ3v) is 4.12. The van der Waals surface area contributed by atoms with Gasteiger partial charge in [-0.05, 0) is 6.42 Å². The van der Waals surface area contributed by atoms with Gasteiger partial charge in [-0.15, -0.1) is 11.3 Å². The second kappa shape index (κ2) is 4.97. The molecule has 1 aliphatic rings. The summed E-state index contributed by atoms with van der Waals surface area (Å²) in [6.45, 7) is 7.78. The minimum absolute atomic E-state index is 0.0679. The Bertz CT molecular complexity index is 436. The van der Waals surface area contributed by atoms with Gasteiger partial charge in [0.15, 0.2) is 0 Å². The van der Waals surface area contributed by atoms with Gasteiger partial charge in [0, 0.05) is 31.0 Å². The molecule has 0 aliphatic carbocycles. The van der Waals surface area contributed by atoms with Crippen molar-refractivity contribution in [3.05, 3.63) is 16.1 Å². The lowest BCUT2D eigenvalue weighted by molar-refractivity contribution is 0.0784. The first-order valence-electron chi connectivity index (χ1n) is 6.27. The lowest BCUT2D eigenvalue weighted by Gasteiger charge is -2.20. The van der Waals surface area contributed by atoms with Crippen LogP contribution in [0.2, 0.25) is 0 Å². The molecule has 1 amide bonds. The minimum atomic E-state index is -0.110. The molecule has 1 unspecified atom stereocenters. The third kappa shape index (κ3) is 2.57. The Kier molecular flexibility index (Phi) is 3.73. The summed E-state index contributed by atoms with van der Waals surface area (Å²) in [5.74, 6) is 0.304. The number of aliphatic hydroxyl groups is 1. The monoisotopic (exact) mass is 268 g/mol. The number of aromatic nitrogens is 1. The molecule has 0 spiro atoms. The number of likely N-dealkylation sites (tertiary alicyclic amines) is 1. The molecule has 1 fully saturated rings. The van der Waals surface area contributed by atoms with Crippen LogP contribution in [0.15, 0.2) is 5.51 Å². The summed E-state index contributed by atoms with van der Waals surface area (Å²) in [5, 5.41) is 9.13. The molecule has 0 saturated carbocycles. The van der Waals surface area contributed by atoms with E-state index in [-0.39, 0.29) is 23.8 Å². The standard InChI is InChI=1S/C13H20N2O2S/c1-13(2,3)11-10(18-8-14-11)12(17)15-5-4-9(6-15)7-16/h8-9,16H,4-7H2,1-3H3. The van der Waals surface area contributed by atoms with Gasteiger partial charge < -0.3 is 10.0 Å². The molecule has 100 valence electrons. The molecule has 1 atom stereocenters. The first kappa shape index (κ1) is 13.5. The van der Waals surface area contributed by atoms with Gasteiger partial charge in [-0.1, -0.05) is 20.8 Å². The summed E-state index contributed by atoms with van der Waals surface area (Å²) in [4.78, 5) is 19.4. The van der Waals surface area contributed by atoms with Crippen LogP contribution in [-0.4, -0.2) is 40.6 Å². The Morgan fingerprint density at radius 3 is 2.89 bits per heavy atom. The van der Waals surface area contributed by atoms with Crippen molar-refractivity contribution in [1.82, 2.24) is 9.88 Å². The number of rotatable bonds is 2. The normalized spacial score (nSPS) is 20.4. The Hall–Kier alpha value is -0.940. The highest BCUT2D eigenvalue weighted by Crippen LogP contribution is 2.29. The quantitative estimate of drug-likeness (QED) is 0.891. The highest BCUT2D eigenvalue weighted by atomic mass is 32.1. The van der Waals surface area contributed by atoms with Gasteiger partial charge in [0.2, 0.25) is 0 Å². The lowest BCUT2D eigenvalue weighted by atomic mass is 9.91. The zero-order chi connectivity index (χ0) is 13.3. The Balaban J connectivity index is 2.18. The molecule has 1 saturated heterocycles. The first-order chi connectivity index (χ1) is 8.43. The van der Waals surface area contributed by atoms with E-state index in [2.05, 4.69) is 25.8 Å². The van der Waals surface area contributed by atoms with Crippen molar-refractivity contribution in [3.8, 4) is 0 Å². The predicted molar refractivity (Wildman–Crippen MR) is 71.9 cm³/mol. The van der Waals surface area contributed by atoms with Crippen LogP contribution in [0.4, 0.5) is 0 Å². The molecule has 0 radical (unpaired) electrons. The van der Waals surface area contributed by atoms with Gasteiger partial charge in [0.25, 0.3) is 5.91 Å². The SMILES string of the molecule is CC(C)(C)c1ncsc1C(=O)N1CCC(CO)C1. The van der Waals surface area contributed by atoms with Crippen LogP contribution in [0.5, 0.6) is 0 Å². The van der Waals surface area contributed by atoms with E-state index in [1.165, 1.54) is 11.3 Å². The molecular weight excluding hydrogens is 248 g/mol. The number of carbonyl (C=O) groups is 1. The average Bonchev–Trinajstić information content (AvgIpc) is 2.96. The number of hydrogen-bond acceptors (Lipinski definition) is 4. The van der Waals surface area contributed by atoms with Crippen LogP contribution in [0, 0.1) is 5.92 Å². The topological polar surface area (TPSA) is 53.4 Å². The molecule has 1 aliphatic heterocycles. The van der Waals surface area contributed by atoms with Gasteiger partial charge in [-0.3, -0.25) is 4.79 Å². The van der Waals surface area contributed by atoms with Gasteiger partial charge in [-0.2, -0.15) is 0 Å². The molecule has 5 heteroatoms. The van der Waals surface area contributed by atoms with Crippen molar-refractivity contribution < 1.29 is 9.90 Å². The molecular formula is C13H20N2O2S. The van der Waals surface area contributed by atoms with Gasteiger partial charge >= 0.3 is 0 Å². The third-order valence-electron chi connectivity index (χ3n) is 3.30. The molecule has 2 rings (SSSR count). The molecule has 2 heterocycles. The summed E-state index contributed by atoms with van der Waals surface area (Å²) in [6, 6.07) is 0. The number of carbonyl (C=O) groups excluding carboxylic acids is 1. The molecule has 0 bridgehead atoms. The summed E-state index contributed by atoms with van der Waals surface area (Å²) in [5.41, 5.74) is 2.51. The second-order valence-electron chi connectivity index (χ2n) is 5.87. The van der Waals surface area contributed by atoms with E-state index in [1.54, 1.807) is 5.51 Å². The molecule has 1 N–H and O–H groups in total. The largest absolute Gasteiger partial charge is 0.396 e. The number of amides is 1. The van der Waals surface area contributed by atoms with Crippen LogP contribution >= 0.6 is 11.3 Å².